The molecule has 1 aromatic heterocycles. The van der Waals surface area contributed by atoms with Gasteiger partial charge >= 0.3 is 0 Å². The Morgan fingerprint density at radius 2 is 2.21 bits per heavy atom. The Labute approximate surface area is 116 Å². The number of carbonyl (C=O) groups is 1. The first-order chi connectivity index (χ1) is 8.88. The van der Waals surface area contributed by atoms with Crippen LogP contribution in [0.5, 0.6) is 0 Å². The van der Waals surface area contributed by atoms with Crippen LogP contribution in [0, 0.1) is 5.92 Å². The van der Waals surface area contributed by atoms with E-state index in [1.54, 1.807) is 0 Å². The summed E-state index contributed by atoms with van der Waals surface area (Å²) in [6.45, 7) is 6.14. The van der Waals surface area contributed by atoms with Gasteiger partial charge in [0.1, 0.15) is 11.1 Å². The highest BCUT2D eigenvalue weighted by Crippen LogP contribution is 2.18. The lowest BCUT2D eigenvalue weighted by Gasteiger charge is -2.20. The van der Waals surface area contributed by atoms with Crippen molar-refractivity contribution in [1.82, 2.24) is 9.78 Å². The minimum atomic E-state index is -0.597. The Kier molecular flexibility index (Phi) is 5.35. The largest absolute Gasteiger partial charge is 0.371 e. The van der Waals surface area contributed by atoms with Crippen LogP contribution in [0.1, 0.15) is 27.2 Å². The van der Waals surface area contributed by atoms with Crippen LogP contribution in [-0.4, -0.2) is 21.7 Å². The minimum absolute atomic E-state index is 0.0216. The molecule has 1 atom stereocenters. The summed E-state index contributed by atoms with van der Waals surface area (Å²) in [5.41, 5.74) is 5.26. The van der Waals surface area contributed by atoms with Crippen molar-refractivity contribution in [3.8, 4) is 0 Å². The Bertz CT molecular complexity index is 513. The molecule has 0 fully saturated rings. The van der Waals surface area contributed by atoms with Crippen molar-refractivity contribution in [2.45, 2.75) is 39.8 Å². The summed E-state index contributed by atoms with van der Waals surface area (Å²) in [5, 5.41) is 6.90. The molecule has 0 aliphatic carbocycles. The third-order valence-electron chi connectivity index (χ3n) is 2.70. The Morgan fingerprint density at radius 3 is 2.68 bits per heavy atom. The molecule has 1 heterocycles. The summed E-state index contributed by atoms with van der Waals surface area (Å²) in [6.07, 6.45) is 2.23. The molecule has 1 rings (SSSR count). The number of anilines is 1. The van der Waals surface area contributed by atoms with Crippen LogP contribution in [0.15, 0.2) is 11.0 Å². The van der Waals surface area contributed by atoms with Gasteiger partial charge in [-0.25, -0.2) is 4.68 Å². The van der Waals surface area contributed by atoms with Crippen LogP contribution < -0.4 is 16.6 Å². The van der Waals surface area contributed by atoms with Gasteiger partial charge < -0.3 is 11.1 Å². The first-order valence-corrected chi connectivity index (χ1v) is 6.57. The first kappa shape index (κ1) is 15.5. The maximum absolute atomic E-state index is 11.9. The molecule has 0 spiro atoms. The van der Waals surface area contributed by atoms with Crippen molar-refractivity contribution in [3.05, 3.63) is 21.6 Å². The summed E-state index contributed by atoms with van der Waals surface area (Å²) in [6, 6.07) is -0.597. The normalized spacial score (nSPS) is 12.5. The zero-order valence-corrected chi connectivity index (χ0v) is 12.1. The number of aryl methyl sites for hydroxylation is 1. The maximum atomic E-state index is 11.9. The number of nitrogens with two attached hydrogens (primary N) is 1. The zero-order chi connectivity index (χ0) is 14.6. The van der Waals surface area contributed by atoms with Gasteiger partial charge in [-0.2, -0.15) is 5.10 Å². The fourth-order valence-electron chi connectivity index (χ4n) is 1.67. The molecule has 0 aromatic carbocycles. The molecule has 0 bridgehead atoms. The summed E-state index contributed by atoms with van der Waals surface area (Å²) in [4.78, 5) is 23.2. The lowest BCUT2D eigenvalue weighted by Crippen LogP contribution is -2.40. The highest BCUT2D eigenvalue weighted by molar-refractivity contribution is 6.33. The highest BCUT2D eigenvalue weighted by atomic mass is 35.5. The van der Waals surface area contributed by atoms with E-state index in [0.717, 1.165) is 6.42 Å². The lowest BCUT2D eigenvalue weighted by atomic mass is 10.0. The van der Waals surface area contributed by atoms with Crippen LogP contribution in [0.4, 0.5) is 5.69 Å². The number of aromatic nitrogens is 2. The Hall–Kier alpha value is -1.56. The number of nitrogens with one attached hydrogen (secondary N) is 1. The van der Waals surface area contributed by atoms with Crippen LogP contribution in [0.25, 0.3) is 0 Å². The van der Waals surface area contributed by atoms with E-state index in [0.29, 0.717) is 12.2 Å². The highest BCUT2D eigenvalue weighted by Gasteiger charge is 2.21. The summed E-state index contributed by atoms with van der Waals surface area (Å²) in [7, 11) is 0. The van der Waals surface area contributed by atoms with Crippen molar-refractivity contribution < 1.29 is 4.79 Å². The van der Waals surface area contributed by atoms with Crippen molar-refractivity contribution in [2.75, 3.05) is 5.32 Å². The zero-order valence-electron chi connectivity index (χ0n) is 11.3. The number of halogens is 1. The standard InChI is InChI=1S/C12H19ClN4O2/c1-4-5-17-12(19)9(13)8(6-15-17)16-10(7(2)3)11(14)18/h6-7,10,16H,4-5H2,1-3H3,(H2,14,18). The maximum Gasteiger partial charge on any atom is 0.287 e. The van der Waals surface area contributed by atoms with Crippen molar-refractivity contribution >= 4 is 23.2 Å². The average Bonchev–Trinajstić information content (AvgIpc) is 2.33. The molecule has 7 heteroatoms. The molecular weight excluding hydrogens is 268 g/mol. The molecule has 0 aliphatic rings. The molecule has 0 saturated heterocycles. The third-order valence-corrected chi connectivity index (χ3v) is 3.07. The number of carbonyl (C=O) groups excluding carboxylic acids is 1. The molecular formula is C12H19ClN4O2. The Morgan fingerprint density at radius 1 is 1.58 bits per heavy atom. The van der Waals surface area contributed by atoms with Crippen LogP contribution >= 0.6 is 11.6 Å². The van der Waals surface area contributed by atoms with Gasteiger partial charge in [-0.15, -0.1) is 0 Å². The predicted octanol–water partition coefficient (Wildman–Crippen LogP) is 1.23. The van der Waals surface area contributed by atoms with Gasteiger partial charge in [0.2, 0.25) is 5.91 Å². The molecule has 0 radical (unpaired) electrons. The van der Waals surface area contributed by atoms with Gasteiger partial charge in [0.25, 0.3) is 5.56 Å². The smallest absolute Gasteiger partial charge is 0.287 e. The molecule has 1 unspecified atom stereocenters. The second-order valence-corrected chi connectivity index (χ2v) is 5.05. The molecule has 0 saturated carbocycles. The molecule has 1 amide bonds. The number of nitrogens with zero attached hydrogens (tertiary/aromatic N) is 2. The van der Waals surface area contributed by atoms with Crippen molar-refractivity contribution in [2.24, 2.45) is 11.7 Å². The van der Waals surface area contributed by atoms with Crippen molar-refractivity contribution in [1.29, 1.82) is 0 Å². The fraction of sp³-hybridized carbons (Fsp3) is 0.583. The van der Waals surface area contributed by atoms with Gasteiger partial charge in [0.15, 0.2) is 0 Å². The second-order valence-electron chi connectivity index (χ2n) is 4.67. The lowest BCUT2D eigenvalue weighted by molar-refractivity contribution is -0.119. The summed E-state index contributed by atoms with van der Waals surface area (Å²) < 4.78 is 1.29. The SMILES string of the molecule is CCCn1ncc(NC(C(N)=O)C(C)C)c(Cl)c1=O. The van der Waals surface area contributed by atoms with E-state index in [9.17, 15) is 9.59 Å². The molecule has 0 aliphatic heterocycles. The van der Waals surface area contributed by atoms with E-state index in [-0.39, 0.29) is 16.5 Å². The quantitative estimate of drug-likeness (QED) is 0.823. The molecule has 106 valence electrons. The van der Waals surface area contributed by atoms with Crippen LogP contribution in [-0.2, 0) is 11.3 Å². The van der Waals surface area contributed by atoms with Gasteiger partial charge in [0.05, 0.1) is 11.9 Å². The molecule has 1 aromatic rings. The Balaban J connectivity index is 3.06. The summed E-state index contributed by atoms with van der Waals surface area (Å²) in [5.74, 6) is -0.518. The van der Waals surface area contributed by atoms with Crippen LogP contribution in [0.2, 0.25) is 5.02 Å². The summed E-state index contributed by atoms with van der Waals surface area (Å²) >= 11 is 6.00. The van der Waals surface area contributed by atoms with E-state index < -0.39 is 11.9 Å². The van der Waals surface area contributed by atoms with Crippen molar-refractivity contribution in [3.63, 3.8) is 0 Å². The number of rotatable bonds is 6. The number of primary amides is 1. The second kappa shape index (κ2) is 6.56. The molecule has 6 nitrogen and oxygen atoms in total. The minimum Gasteiger partial charge on any atom is -0.371 e. The van der Waals surface area contributed by atoms with E-state index in [2.05, 4.69) is 10.4 Å². The fourth-order valence-corrected chi connectivity index (χ4v) is 1.87. The number of hydrogen-bond donors (Lipinski definition) is 2. The molecule has 19 heavy (non-hydrogen) atoms. The van der Waals surface area contributed by atoms with Gasteiger partial charge in [-0.3, -0.25) is 9.59 Å². The van der Waals surface area contributed by atoms with E-state index in [1.165, 1.54) is 10.9 Å². The molecule has 3 N–H and O–H groups in total. The van der Waals surface area contributed by atoms with Gasteiger partial charge in [-0.05, 0) is 12.3 Å². The van der Waals surface area contributed by atoms with E-state index in [4.69, 9.17) is 17.3 Å². The number of amides is 1. The van der Waals surface area contributed by atoms with Crippen LogP contribution in [0.3, 0.4) is 0 Å². The van der Waals surface area contributed by atoms with Gasteiger partial charge in [0, 0.05) is 6.54 Å². The monoisotopic (exact) mass is 286 g/mol. The van der Waals surface area contributed by atoms with E-state index in [1.807, 2.05) is 20.8 Å². The number of hydrogen-bond acceptors (Lipinski definition) is 4. The first-order valence-electron chi connectivity index (χ1n) is 6.20. The predicted molar refractivity (Wildman–Crippen MR) is 75.2 cm³/mol. The van der Waals surface area contributed by atoms with E-state index >= 15 is 0 Å². The van der Waals surface area contributed by atoms with Gasteiger partial charge in [-0.1, -0.05) is 32.4 Å². The third kappa shape index (κ3) is 3.70. The topological polar surface area (TPSA) is 90.0 Å². The average molecular weight is 287 g/mol.